The molecule has 0 unspecified atom stereocenters. The van der Waals surface area contributed by atoms with E-state index in [2.05, 4.69) is 6.92 Å². The second-order valence-corrected chi connectivity index (χ2v) is 11.4. The molecule has 0 aliphatic heterocycles. The van der Waals surface area contributed by atoms with E-state index in [9.17, 15) is 13.6 Å². The molecule has 4 nitrogen and oxygen atoms in total. The number of rotatable bonds is 12. The van der Waals surface area contributed by atoms with Gasteiger partial charge in [-0.1, -0.05) is 38.8 Å². The van der Waals surface area contributed by atoms with E-state index in [0.717, 1.165) is 51.6 Å². The highest BCUT2D eigenvalue weighted by Crippen LogP contribution is 2.41. The van der Waals surface area contributed by atoms with Gasteiger partial charge in [0.2, 0.25) is 11.6 Å². The van der Waals surface area contributed by atoms with E-state index in [0.29, 0.717) is 43.2 Å². The summed E-state index contributed by atoms with van der Waals surface area (Å²) >= 11 is 0. The Morgan fingerprint density at radius 2 is 1.20 bits per heavy atom. The number of hydrogen-bond acceptors (Lipinski definition) is 4. The maximum atomic E-state index is 15.3. The molecule has 2 aliphatic carbocycles. The molecule has 0 amide bonds. The van der Waals surface area contributed by atoms with Gasteiger partial charge < -0.3 is 14.2 Å². The first-order valence-electron chi connectivity index (χ1n) is 15.3. The van der Waals surface area contributed by atoms with Crippen molar-refractivity contribution >= 4 is 5.97 Å². The molecular weight excluding hydrogens is 536 g/mol. The van der Waals surface area contributed by atoms with Crippen LogP contribution >= 0.6 is 0 Å². The van der Waals surface area contributed by atoms with Crippen LogP contribution in [0.3, 0.4) is 0 Å². The van der Waals surface area contributed by atoms with Crippen LogP contribution in [0.1, 0.15) is 114 Å². The van der Waals surface area contributed by atoms with Gasteiger partial charge in [0.15, 0.2) is 23.1 Å². The lowest BCUT2D eigenvalue weighted by molar-refractivity contribution is -0.140. The van der Waals surface area contributed by atoms with Crippen molar-refractivity contribution in [3.05, 3.63) is 58.7 Å². The number of halogens is 4. The lowest BCUT2D eigenvalue weighted by Crippen LogP contribution is -2.26. The standard InChI is InChI=1S/C33H42F4O4/c1-3-5-19-39-24-13-11-22(12-14-24)26-16-15-25(29(34)30(26)35)21-7-9-23(10-8-21)33(38)41-28-18-17-27(31(36)32(28)37)40-20-6-4-2/h15-18,21-24H,3-14,19-20H2,1-2H3. The number of hydrogen-bond donors (Lipinski definition) is 0. The summed E-state index contributed by atoms with van der Waals surface area (Å²) < 4.78 is 75.7. The van der Waals surface area contributed by atoms with Gasteiger partial charge in [0, 0.05) is 6.61 Å². The average Bonchev–Trinajstić information content (AvgIpc) is 2.99. The zero-order valence-electron chi connectivity index (χ0n) is 24.2. The number of unbranched alkanes of at least 4 members (excludes halogenated alkanes) is 2. The van der Waals surface area contributed by atoms with E-state index in [1.54, 1.807) is 12.1 Å². The van der Waals surface area contributed by atoms with E-state index in [1.165, 1.54) is 12.1 Å². The monoisotopic (exact) mass is 578 g/mol. The van der Waals surface area contributed by atoms with Gasteiger partial charge in [0.25, 0.3) is 0 Å². The number of carbonyl (C=O) groups excluding carboxylic acids is 1. The Kier molecular flexibility index (Phi) is 11.5. The molecule has 0 spiro atoms. The zero-order chi connectivity index (χ0) is 29.4. The Balaban J connectivity index is 1.30. The first-order valence-corrected chi connectivity index (χ1v) is 15.3. The second kappa shape index (κ2) is 15.0. The van der Waals surface area contributed by atoms with Crippen LogP contribution in [0, 0.1) is 29.2 Å². The largest absolute Gasteiger partial charge is 0.490 e. The minimum absolute atomic E-state index is 0.0164. The minimum atomic E-state index is -1.27. The molecule has 8 heteroatoms. The van der Waals surface area contributed by atoms with Crippen LogP contribution in [0.25, 0.3) is 0 Å². The van der Waals surface area contributed by atoms with Crippen LogP contribution in [0.15, 0.2) is 24.3 Å². The fourth-order valence-corrected chi connectivity index (χ4v) is 6.01. The van der Waals surface area contributed by atoms with Gasteiger partial charge in [-0.25, -0.2) is 8.78 Å². The molecule has 0 heterocycles. The van der Waals surface area contributed by atoms with Crippen LogP contribution in [0.2, 0.25) is 0 Å². The van der Waals surface area contributed by atoms with Gasteiger partial charge in [-0.2, -0.15) is 8.78 Å². The molecule has 2 aromatic carbocycles. The molecule has 226 valence electrons. The number of esters is 1. The van der Waals surface area contributed by atoms with E-state index in [4.69, 9.17) is 14.2 Å². The predicted octanol–water partition coefficient (Wildman–Crippen LogP) is 9.14. The summed E-state index contributed by atoms with van der Waals surface area (Å²) in [5.41, 5.74) is 0.771. The van der Waals surface area contributed by atoms with Crippen LogP contribution in [0.4, 0.5) is 17.6 Å². The summed E-state index contributed by atoms with van der Waals surface area (Å²) in [5, 5.41) is 0. The van der Waals surface area contributed by atoms with Gasteiger partial charge in [-0.3, -0.25) is 4.79 Å². The smallest absolute Gasteiger partial charge is 0.314 e. The molecule has 41 heavy (non-hydrogen) atoms. The maximum Gasteiger partial charge on any atom is 0.314 e. The molecule has 0 aromatic heterocycles. The van der Waals surface area contributed by atoms with Crippen molar-refractivity contribution in [3.8, 4) is 11.5 Å². The van der Waals surface area contributed by atoms with Crippen molar-refractivity contribution in [2.45, 2.75) is 109 Å². The lowest BCUT2D eigenvalue weighted by Gasteiger charge is -2.30. The lowest BCUT2D eigenvalue weighted by atomic mass is 9.77. The molecule has 2 saturated carbocycles. The molecule has 0 N–H and O–H groups in total. The fraction of sp³-hybridized carbons (Fsp3) is 0.606. The molecule has 0 saturated heterocycles. The third-order valence-corrected chi connectivity index (χ3v) is 8.59. The Labute approximate surface area is 240 Å². The van der Waals surface area contributed by atoms with E-state index in [1.807, 2.05) is 6.92 Å². The normalized spacial score (nSPS) is 22.9. The quantitative estimate of drug-likeness (QED) is 0.109. The highest BCUT2D eigenvalue weighted by molar-refractivity contribution is 5.75. The van der Waals surface area contributed by atoms with Gasteiger partial charge in [0.1, 0.15) is 0 Å². The number of carbonyl (C=O) groups is 1. The topological polar surface area (TPSA) is 44.8 Å². The Bertz CT molecular complexity index is 1150. The van der Waals surface area contributed by atoms with Crippen LogP contribution < -0.4 is 9.47 Å². The molecule has 2 fully saturated rings. The highest BCUT2D eigenvalue weighted by atomic mass is 19.2. The van der Waals surface area contributed by atoms with Crippen molar-refractivity contribution in [3.63, 3.8) is 0 Å². The molecule has 2 aliphatic rings. The van der Waals surface area contributed by atoms with E-state index < -0.39 is 40.9 Å². The van der Waals surface area contributed by atoms with Crippen molar-refractivity contribution in [2.24, 2.45) is 5.92 Å². The summed E-state index contributed by atoms with van der Waals surface area (Å²) in [4.78, 5) is 12.7. The van der Waals surface area contributed by atoms with Crippen molar-refractivity contribution in [1.29, 1.82) is 0 Å². The molecular formula is C33H42F4O4. The van der Waals surface area contributed by atoms with Gasteiger partial charge in [0.05, 0.1) is 18.6 Å². The van der Waals surface area contributed by atoms with Crippen molar-refractivity contribution in [1.82, 2.24) is 0 Å². The Morgan fingerprint density at radius 3 is 1.78 bits per heavy atom. The molecule has 2 aromatic rings. The summed E-state index contributed by atoms with van der Waals surface area (Å²) in [6.07, 6.45) is 8.84. The third kappa shape index (κ3) is 7.82. The molecule has 4 rings (SSSR count). The SMILES string of the molecule is CCCCOc1ccc(OC(=O)C2CCC(c3ccc(C4CCC(OCCCC)CC4)c(F)c3F)CC2)c(F)c1F. The summed E-state index contributed by atoms with van der Waals surface area (Å²) in [5.74, 6) is -6.15. The number of ether oxygens (including phenoxy) is 3. The van der Waals surface area contributed by atoms with Crippen molar-refractivity contribution in [2.75, 3.05) is 13.2 Å². The third-order valence-electron chi connectivity index (χ3n) is 8.59. The average molecular weight is 579 g/mol. The van der Waals surface area contributed by atoms with Crippen LogP contribution in [-0.4, -0.2) is 25.3 Å². The Hall–Kier alpha value is -2.61. The zero-order valence-corrected chi connectivity index (χ0v) is 24.2. The maximum absolute atomic E-state index is 15.3. The highest BCUT2D eigenvalue weighted by Gasteiger charge is 2.33. The van der Waals surface area contributed by atoms with E-state index in [-0.39, 0.29) is 30.3 Å². The number of benzene rings is 2. The predicted molar refractivity (Wildman–Crippen MR) is 149 cm³/mol. The van der Waals surface area contributed by atoms with Crippen molar-refractivity contribution < 1.29 is 36.6 Å². The van der Waals surface area contributed by atoms with Crippen LogP contribution in [0.5, 0.6) is 11.5 Å². The fourth-order valence-electron chi connectivity index (χ4n) is 6.01. The molecule has 0 radical (unpaired) electrons. The first-order chi connectivity index (χ1) is 19.8. The van der Waals surface area contributed by atoms with Gasteiger partial charge in [-0.15, -0.1) is 0 Å². The van der Waals surface area contributed by atoms with Gasteiger partial charge in [-0.05, 0) is 99.3 Å². The van der Waals surface area contributed by atoms with E-state index >= 15 is 8.78 Å². The summed E-state index contributed by atoms with van der Waals surface area (Å²) in [6, 6.07) is 5.86. The van der Waals surface area contributed by atoms with Gasteiger partial charge >= 0.3 is 5.97 Å². The Morgan fingerprint density at radius 1 is 0.683 bits per heavy atom. The summed E-state index contributed by atoms with van der Waals surface area (Å²) in [7, 11) is 0. The van der Waals surface area contributed by atoms with Crippen LogP contribution in [-0.2, 0) is 9.53 Å². The second-order valence-electron chi connectivity index (χ2n) is 11.4. The molecule has 0 bridgehead atoms. The summed E-state index contributed by atoms with van der Waals surface area (Å²) in [6.45, 7) is 5.09. The first kappa shape index (κ1) is 31.3. The molecule has 0 atom stereocenters. The minimum Gasteiger partial charge on any atom is -0.490 e.